The van der Waals surface area contributed by atoms with E-state index >= 15 is 0 Å². The molecule has 0 aliphatic heterocycles. The van der Waals surface area contributed by atoms with Gasteiger partial charge in [-0.3, -0.25) is 0 Å². The molecular formula is C25H29F3. The van der Waals surface area contributed by atoms with Crippen LogP contribution in [-0.2, 0) is 0 Å². The van der Waals surface area contributed by atoms with Gasteiger partial charge >= 0.3 is 0 Å². The lowest BCUT2D eigenvalue weighted by atomic mass is 9.63. The Balaban J connectivity index is 1.47. The van der Waals surface area contributed by atoms with Gasteiger partial charge in [0.2, 0.25) is 0 Å². The fourth-order valence-corrected chi connectivity index (χ4v) is 5.64. The number of halogens is 3. The van der Waals surface area contributed by atoms with Crippen molar-refractivity contribution in [2.75, 3.05) is 0 Å². The van der Waals surface area contributed by atoms with Gasteiger partial charge in [-0.2, -0.15) is 0 Å². The van der Waals surface area contributed by atoms with Crippen molar-refractivity contribution in [3.8, 4) is 11.1 Å². The summed E-state index contributed by atoms with van der Waals surface area (Å²) in [5, 5.41) is 0. The van der Waals surface area contributed by atoms with Gasteiger partial charge in [-0.05, 0) is 85.1 Å². The third kappa shape index (κ3) is 3.99. The molecule has 0 saturated heterocycles. The number of hydrogen-bond donors (Lipinski definition) is 0. The molecule has 2 aromatic rings. The average molecular weight is 387 g/mol. The van der Waals surface area contributed by atoms with Gasteiger partial charge in [-0.25, -0.2) is 13.2 Å². The van der Waals surface area contributed by atoms with Gasteiger partial charge in [-0.15, -0.1) is 0 Å². The van der Waals surface area contributed by atoms with Crippen LogP contribution in [-0.4, -0.2) is 0 Å². The fraction of sp³-hybridized carbons (Fsp3) is 0.520. The molecule has 3 heteroatoms. The Labute approximate surface area is 166 Å². The van der Waals surface area contributed by atoms with Crippen molar-refractivity contribution in [1.82, 2.24) is 0 Å². The first-order chi connectivity index (χ1) is 13.5. The van der Waals surface area contributed by atoms with Gasteiger partial charge in [0, 0.05) is 5.56 Å². The molecule has 2 fully saturated rings. The van der Waals surface area contributed by atoms with Crippen molar-refractivity contribution in [2.24, 2.45) is 17.8 Å². The second kappa shape index (κ2) is 8.31. The van der Waals surface area contributed by atoms with E-state index in [4.69, 9.17) is 0 Å². The predicted molar refractivity (Wildman–Crippen MR) is 108 cm³/mol. The van der Waals surface area contributed by atoms with Crippen molar-refractivity contribution >= 4 is 0 Å². The molecule has 4 rings (SSSR count). The topological polar surface area (TPSA) is 0 Å². The molecule has 0 N–H and O–H groups in total. The van der Waals surface area contributed by atoms with Crippen molar-refractivity contribution in [1.29, 1.82) is 0 Å². The lowest BCUT2D eigenvalue weighted by molar-refractivity contribution is 0.114. The van der Waals surface area contributed by atoms with E-state index in [1.807, 2.05) is 6.07 Å². The molecule has 2 saturated carbocycles. The van der Waals surface area contributed by atoms with Crippen molar-refractivity contribution in [3.05, 3.63) is 59.4 Å². The van der Waals surface area contributed by atoms with E-state index in [0.29, 0.717) is 17.0 Å². The normalized spacial score (nSPS) is 27.4. The van der Waals surface area contributed by atoms with E-state index in [0.717, 1.165) is 48.3 Å². The van der Waals surface area contributed by atoms with Crippen LogP contribution in [0.25, 0.3) is 11.1 Å². The molecule has 0 radical (unpaired) electrons. The number of fused-ring (bicyclic) bond motifs is 1. The molecule has 2 aliphatic rings. The number of rotatable bonds is 4. The second-order valence-corrected chi connectivity index (χ2v) is 8.87. The third-order valence-electron chi connectivity index (χ3n) is 7.11. The Kier molecular flexibility index (Phi) is 5.80. The second-order valence-electron chi connectivity index (χ2n) is 8.87. The minimum atomic E-state index is -0.946. The lowest BCUT2D eigenvalue weighted by Crippen LogP contribution is -2.30. The molecular weight excluding hydrogens is 357 g/mol. The summed E-state index contributed by atoms with van der Waals surface area (Å²) in [4.78, 5) is 0. The smallest absolute Gasteiger partial charge is 0.159 e. The quantitative estimate of drug-likeness (QED) is 0.501. The van der Waals surface area contributed by atoms with Crippen molar-refractivity contribution in [2.45, 2.75) is 64.2 Å². The van der Waals surface area contributed by atoms with E-state index < -0.39 is 11.6 Å². The Morgan fingerprint density at radius 2 is 1.57 bits per heavy atom. The molecule has 0 heterocycles. The Morgan fingerprint density at radius 3 is 2.32 bits per heavy atom. The van der Waals surface area contributed by atoms with E-state index in [1.165, 1.54) is 44.6 Å². The van der Waals surface area contributed by atoms with Crippen LogP contribution in [0.1, 0.15) is 69.8 Å². The molecule has 0 nitrogen and oxygen atoms in total. The van der Waals surface area contributed by atoms with Gasteiger partial charge in [-0.1, -0.05) is 44.4 Å². The first-order valence-electron chi connectivity index (χ1n) is 10.8. The highest BCUT2D eigenvalue weighted by molar-refractivity contribution is 5.64. The number of benzene rings is 2. The molecule has 0 bridgehead atoms. The van der Waals surface area contributed by atoms with Crippen LogP contribution in [0.3, 0.4) is 0 Å². The van der Waals surface area contributed by atoms with Crippen molar-refractivity contribution in [3.63, 3.8) is 0 Å². The summed E-state index contributed by atoms with van der Waals surface area (Å²) in [6, 6.07) is 8.86. The summed E-state index contributed by atoms with van der Waals surface area (Å²) in [6.07, 6.45) is 10.2. The maximum absolute atomic E-state index is 14.8. The molecule has 1 unspecified atom stereocenters. The van der Waals surface area contributed by atoms with Crippen LogP contribution in [0.15, 0.2) is 36.4 Å². The minimum absolute atomic E-state index is 0.330. The monoisotopic (exact) mass is 386 g/mol. The first-order valence-corrected chi connectivity index (χ1v) is 10.8. The summed E-state index contributed by atoms with van der Waals surface area (Å²) < 4.78 is 41.4. The van der Waals surface area contributed by atoms with Gasteiger partial charge in [0.15, 0.2) is 11.6 Å². The Hall–Kier alpha value is -1.77. The lowest BCUT2D eigenvalue weighted by Gasteiger charge is -2.42. The molecule has 2 aromatic carbocycles. The molecule has 28 heavy (non-hydrogen) atoms. The summed E-state index contributed by atoms with van der Waals surface area (Å²) in [7, 11) is 0. The van der Waals surface area contributed by atoms with E-state index in [1.54, 1.807) is 12.1 Å². The summed E-state index contributed by atoms with van der Waals surface area (Å²) >= 11 is 0. The fourth-order valence-electron chi connectivity index (χ4n) is 5.64. The van der Waals surface area contributed by atoms with E-state index in [2.05, 4.69) is 6.92 Å². The maximum atomic E-state index is 14.8. The largest absolute Gasteiger partial charge is 0.206 e. The van der Waals surface area contributed by atoms with Gasteiger partial charge in [0.25, 0.3) is 0 Å². The first kappa shape index (κ1) is 19.5. The molecule has 0 spiro atoms. The summed E-state index contributed by atoms with van der Waals surface area (Å²) in [5.41, 5.74) is 1.76. The highest BCUT2D eigenvalue weighted by atomic mass is 19.2. The standard InChI is InChI=1S/C25H29F3/c1-2-3-16-4-5-18-13-19(7-6-17(18)12-16)20-8-10-22(24(27)14-20)21-9-11-23(26)25(28)15-21/h8-11,14-19H,2-7,12-13H2,1H3/t16?,17-,18-,19-/m1/s1. The highest BCUT2D eigenvalue weighted by Crippen LogP contribution is 2.48. The van der Waals surface area contributed by atoms with Crippen LogP contribution in [0.4, 0.5) is 13.2 Å². The van der Waals surface area contributed by atoms with E-state index in [-0.39, 0.29) is 5.82 Å². The average Bonchev–Trinajstić information content (AvgIpc) is 2.70. The SMILES string of the molecule is CCCC1CC[C@@H]2C[C@H](c3ccc(-c4ccc(F)c(F)c4)c(F)c3)CC[C@@H]2C1. The predicted octanol–water partition coefficient (Wildman–Crippen LogP) is 7.87. The zero-order chi connectivity index (χ0) is 19.7. The molecule has 0 aromatic heterocycles. The van der Waals surface area contributed by atoms with Crippen LogP contribution in [0.5, 0.6) is 0 Å². The molecule has 2 aliphatic carbocycles. The molecule has 150 valence electrons. The van der Waals surface area contributed by atoms with Crippen LogP contribution in [0.2, 0.25) is 0 Å². The minimum Gasteiger partial charge on any atom is -0.206 e. The zero-order valence-electron chi connectivity index (χ0n) is 16.6. The van der Waals surface area contributed by atoms with Crippen LogP contribution in [0, 0.1) is 35.2 Å². The summed E-state index contributed by atoms with van der Waals surface area (Å²) in [5.74, 6) is 0.753. The number of hydrogen-bond acceptors (Lipinski definition) is 0. The van der Waals surface area contributed by atoms with Crippen molar-refractivity contribution < 1.29 is 13.2 Å². The summed E-state index contributed by atoms with van der Waals surface area (Å²) in [6.45, 7) is 2.28. The van der Waals surface area contributed by atoms with Crippen LogP contribution >= 0.6 is 0 Å². The highest BCUT2D eigenvalue weighted by Gasteiger charge is 2.35. The zero-order valence-corrected chi connectivity index (χ0v) is 16.6. The Morgan fingerprint density at radius 1 is 0.786 bits per heavy atom. The third-order valence-corrected chi connectivity index (χ3v) is 7.11. The maximum Gasteiger partial charge on any atom is 0.159 e. The molecule has 0 amide bonds. The van der Waals surface area contributed by atoms with E-state index in [9.17, 15) is 13.2 Å². The van der Waals surface area contributed by atoms with Gasteiger partial charge < -0.3 is 0 Å². The van der Waals surface area contributed by atoms with Crippen LogP contribution < -0.4 is 0 Å². The molecule has 4 atom stereocenters. The Bertz CT molecular complexity index is 829. The van der Waals surface area contributed by atoms with Gasteiger partial charge in [0.1, 0.15) is 5.82 Å². The van der Waals surface area contributed by atoms with Gasteiger partial charge in [0.05, 0.1) is 0 Å².